The van der Waals surface area contributed by atoms with Crippen LogP contribution in [0.2, 0.25) is 0 Å². The summed E-state index contributed by atoms with van der Waals surface area (Å²) in [4.78, 5) is 13.2. The largest absolute Gasteiger partial charge is 0.343 e. The Labute approximate surface area is 105 Å². The van der Waals surface area contributed by atoms with Gasteiger partial charge >= 0.3 is 0 Å². The van der Waals surface area contributed by atoms with Gasteiger partial charge in [-0.05, 0) is 51.9 Å². The summed E-state index contributed by atoms with van der Waals surface area (Å²) >= 11 is 0. The molecule has 17 heavy (non-hydrogen) atoms. The Hall–Kier alpha value is -0.650. The quantitative estimate of drug-likeness (QED) is 0.443. The van der Waals surface area contributed by atoms with Crippen molar-refractivity contribution >= 4 is 5.91 Å². The van der Waals surface area contributed by atoms with E-state index in [9.17, 15) is 4.79 Å². The molecule has 0 bridgehead atoms. The highest BCUT2D eigenvalue weighted by molar-refractivity contribution is 5.73. The van der Waals surface area contributed by atoms with Crippen LogP contribution in [0.15, 0.2) is 0 Å². The normalized spacial score (nSPS) is 10.5. The van der Waals surface area contributed by atoms with Crippen molar-refractivity contribution in [1.82, 2.24) is 10.2 Å². The summed E-state index contributed by atoms with van der Waals surface area (Å²) in [5, 5.41) is 3.33. The van der Waals surface area contributed by atoms with E-state index >= 15 is 0 Å². The van der Waals surface area contributed by atoms with Crippen molar-refractivity contribution in [2.75, 3.05) is 39.3 Å². The van der Waals surface area contributed by atoms with Crippen LogP contribution < -0.4 is 16.8 Å². The number of hydrogen-bond acceptors (Lipinski definition) is 4. The van der Waals surface area contributed by atoms with Crippen LogP contribution in [0, 0.1) is 0 Å². The van der Waals surface area contributed by atoms with Gasteiger partial charge in [-0.15, -0.1) is 0 Å². The van der Waals surface area contributed by atoms with E-state index in [1.807, 2.05) is 4.90 Å². The minimum atomic E-state index is 0.148. The van der Waals surface area contributed by atoms with Gasteiger partial charge in [0.1, 0.15) is 0 Å². The summed E-state index contributed by atoms with van der Waals surface area (Å²) in [6.07, 6.45) is 4.04. The van der Waals surface area contributed by atoms with Crippen molar-refractivity contribution in [1.29, 1.82) is 0 Å². The standard InChI is InChI=1S/C12H28N4O/c1-12(17)16(11-5-7-14)10-3-2-8-15-9-4-6-13/h15H,2-11,13-14H2,1H3. The third-order valence-corrected chi connectivity index (χ3v) is 2.67. The van der Waals surface area contributed by atoms with Gasteiger partial charge in [-0.1, -0.05) is 0 Å². The Morgan fingerprint density at radius 3 is 2.18 bits per heavy atom. The van der Waals surface area contributed by atoms with E-state index in [-0.39, 0.29) is 5.91 Å². The number of carbonyl (C=O) groups is 1. The van der Waals surface area contributed by atoms with Crippen LogP contribution in [-0.2, 0) is 4.79 Å². The summed E-state index contributed by atoms with van der Waals surface area (Å²) < 4.78 is 0. The third-order valence-electron chi connectivity index (χ3n) is 2.67. The molecule has 0 fully saturated rings. The highest BCUT2D eigenvalue weighted by Gasteiger charge is 2.06. The van der Waals surface area contributed by atoms with Gasteiger partial charge in [0, 0.05) is 20.0 Å². The molecule has 5 N–H and O–H groups in total. The Balaban J connectivity index is 3.44. The van der Waals surface area contributed by atoms with E-state index in [2.05, 4.69) is 5.32 Å². The molecule has 0 aliphatic carbocycles. The van der Waals surface area contributed by atoms with Crippen molar-refractivity contribution in [3.63, 3.8) is 0 Å². The third kappa shape index (κ3) is 10.2. The number of nitrogens with two attached hydrogens (primary N) is 2. The van der Waals surface area contributed by atoms with E-state index in [0.29, 0.717) is 6.54 Å². The Bertz CT molecular complexity index is 187. The summed E-state index contributed by atoms with van der Waals surface area (Å²) in [6.45, 7) is 6.62. The molecule has 0 radical (unpaired) electrons. The molecule has 0 aromatic heterocycles. The van der Waals surface area contributed by atoms with Gasteiger partial charge in [0.2, 0.25) is 5.91 Å². The van der Waals surface area contributed by atoms with Gasteiger partial charge in [-0.25, -0.2) is 0 Å². The van der Waals surface area contributed by atoms with Gasteiger partial charge in [0.25, 0.3) is 0 Å². The van der Waals surface area contributed by atoms with Crippen LogP contribution in [0.1, 0.15) is 32.6 Å². The fourth-order valence-electron chi connectivity index (χ4n) is 1.61. The number of nitrogens with one attached hydrogen (secondary N) is 1. The molecule has 102 valence electrons. The molecule has 0 heterocycles. The van der Waals surface area contributed by atoms with E-state index < -0.39 is 0 Å². The van der Waals surface area contributed by atoms with Crippen molar-refractivity contribution in [3.8, 4) is 0 Å². The van der Waals surface area contributed by atoms with Crippen LogP contribution in [0.25, 0.3) is 0 Å². The molecule has 0 spiro atoms. The average Bonchev–Trinajstić information content (AvgIpc) is 2.31. The van der Waals surface area contributed by atoms with E-state index in [0.717, 1.165) is 58.4 Å². The molecule has 1 amide bonds. The fraction of sp³-hybridized carbons (Fsp3) is 0.917. The van der Waals surface area contributed by atoms with Gasteiger partial charge in [-0.3, -0.25) is 4.79 Å². The molecule has 0 aromatic rings. The minimum absolute atomic E-state index is 0.148. The summed E-state index contributed by atoms with van der Waals surface area (Å²) in [5.41, 5.74) is 10.8. The van der Waals surface area contributed by atoms with Gasteiger partial charge in [0.05, 0.1) is 0 Å². The zero-order valence-electron chi connectivity index (χ0n) is 11.1. The first-order chi connectivity index (χ1) is 8.22. The predicted molar refractivity (Wildman–Crippen MR) is 71.7 cm³/mol. The van der Waals surface area contributed by atoms with Crippen molar-refractivity contribution < 1.29 is 4.79 Å². The average molecular weight is 244 g/mol. The lowest BCUT2D eigenvalue weighted by Gasteiger charge is -2.20. The van der Waals surface area contributed by atoms with Crippen molar-refractivity contribution in [2.24, 2.45) is 11.5 Å². The van der Waals surface area contributed by atoms with Gasteiger partial charge in [0.15, 0.2) is 0 Å². The monoisotopic (exact) mass is 244 g/mol. The molecular weight excluding hydrogens is 216 g/mol. The first-order valence-electron chi connectivity index (χ1n) is 6.58. The van der Waals surface area contributed by atoms with E-state index in [1.165, 1.54) is 0 Å². The first-order valence-corrected chi connectivity index (χ1v) is 6.58. The molecule has 0 rings (SSSR count). The lowest BCUT2D eigenvalue weighted by molar-refractivity contribution is -0.128. The number of unbranched alkanes of at least 4 members (excludes halogenated alkanes) is 1. The Kier molecular flexibility index (Phi) is 11.4. The van der Waals surface area contributed by atoms with Crippen LogP contribution in [0.3, 0.4) is 0 Å². The molecule has 5 heteroatoms. The second-order valence-corrected chi connectivity index (χ2v) is 4.25. The molecule has 0 atom stereocenters. The summed E-state index contributed by atoms with van der Waals surface area (Å²) in [6, 6.07) is 0. The lowest BCUT2D eigenvalue weighted by Crippen LogP contribution is -2.32. The van der Waals surface area contributed by atoms with Gasteiger partial charge in [-0.2, -0.15) is 0 Å². The summed E-state index contributed by atoms with van der Waals surface area (Å²) in [5.74, 6) is 0.148. The molecule has 0 aromatic carbocycles. The summed E-state index contributed by atoms with van der Waals surface area (Å²) in [7, 11) is 0. The predicted octanol–water partition coefficient (Wildman–Crippen LogP) is -0.0977. The zero-order chi connectivity index (χ0) is 12.9. The van der Waals surface area contributed by atoms with Crippen LogP contribution in [0.5, 0.6) is 0 Å². The fourth-order valence-corrected chi connectivity index (χ4v) is 1.61. The van der Waals surface area contributed by atoms with E-state index in [1.54, 1.807) is 6.92 Å². The Morgan fingerprint density at radius 2 is 1.59 bits per heavy atom. The maximum Gasteiger partial charge on any atom is 0.219 e. The number of hydrogen-bond donors (Lipinski definition) is 3. The van der Waals surface area contributed by atoms with Crippen LogP contribution in [-0.4, -0.2) is 50.1 Å². The topological polar surface area (TPSA) is 84.4 Å². The number of nitrogens with zero attached hydrogens (tertiary/aromatic N) is 1. The molecule has 0 saturated heterocycles. The number of amides is 1. The SMILES string of the molecule is CC(=O)N(CCCN)CCCCNCCCN. The van der Waals surface area contributed by atoms with Crippen molar-refractivity contribution in [3.05, 3.63) is 0 Å². The van der Waals surface area contributed by atoms with Gasteiger partial charge < -0.3 is 21.7 Å². The van der Waals surface area contributed by atoms with Crippen LogP contribution in [0.4, 0.5) is 0 Å². The smallest absolute Gasteiger partial charge is 0.219 e. The maximum atomic E-state index is 11.3. The first kappa shape index (κ1) is 16.4. The maximum absolute atomic E-state index is 11.3. The minimum Gasteiger partial charge on any atom is -0.343 e. The highest BCUT2D eigenvalue weighted by atomic mass is 16.2. The molecule has 5 nitrogen and oxygen atoms in total. The highest BCUT2D eigenvalue weighted by Crippen LogP contribution is 1.97. The second-order valence-electron chi connectivity index (χ2n) is 4.25. The van der Waals surface area contributed by atoms with Crippen molar-refractivity contribution in [2.45, 2.75) is 32.6 Å². The molecule has 0 unspecified atom stereocenters. The zero-order valence-corrected chi connectivity index (χ0v) is 11.1. The number of carbonyl (C=O) groups excluding carboxylic acids is 1. The molecule has 0 saturated carbocycles. The Morgan fingerprint density at radius 1 is 1.00 bits per heavy atom. The second kappa shape index (κ2) is 11.8. The van der Waals surface area contributed by atoms with Crippen LogP contribution >= 0.6 is 0 Å². The molecular formula is C12H28N4O. The molecule has 0 aliphatic heterocycles. The number of rotatable bonds is 11. The lowest BCUT2D eigenvalue weighted by atomic mass is 10.2. The van der Waals surface area contributed by atoms with E-state index in [4.69, 9.17) is 11.5 Å². The molecule has 0 aliphatic rings.